The highest BCUT2D eigenvalue weighted by molar-refractivity contribution is 8.00. The Morgan fingerprint density at radius 2 is 2.04 bits per heavy atom. The fourth-order valence-electron chi connectivity index (χ4n) is 2.05. The van der Waals surface area contributed by atoms with Crippen molar-refractivity contribution in [2.45, 2.75) is 23.1 Å². The van der Waals surface area contributed by atoms with Crippen LogP contribution < -0.4 is 0 Å². The van der Waals surface area contributed by atoms with Crippen LogP contribution >= 0.6 is 23.1 Å². The summed E-state index contributed by atoms with van der Waals surface area (Å²) in [7, 11) is 0. The van der Waals surface area contributed by atoms with E-state index in [1.807, 2.05) is 36.4 Å². The summed E-state index contributed by atoms with van der Waals surface area (Å²) < 4.78 is 7.19. The van der Waals surface area contributed by atoms with Crippen LogP contribution in [0.5, 0.6) is 0 Å². The lowest BCUT2D eigenvalue weighted by atomic mass is 10.1. The molecule has 1 atom stereocenters. The normalized spacial score (nSPS) is 11.8. The Bertz CT molecular complexity index is 864. The van der Waals surface area contributed by atoms with Crippen LogP contribution in [0.2, 0.25) is 0 Å². The third-order valence-electron chi connectivity index (χ3n) is 3.29. The summed E-state index contributed by atoms with van der Waals surface area (Å²) in [4.78, 5) is 16.4. The van der Waals surface area contributed by atoms with Gasteiger partial charge in [-0.05, 0) is 36.8 Å². The van der Waals surface area contributed by atoms with Crippen LogP contribution in [0.3, 0.4) is 0 Å². The highest BCUT2D eigenvalue weighted by Gasteiger charge is 2.11. The van der Waals surface area contributed by atoms with Gasteiger partial charge in [-0.1, -0.05) is 36.0 Å². The second kappa shape index (κ2) is 7.47. The van der Waals surface area contributed by atoms with E-state index in [4.69, 9.17) is 10.00 Å². The van der Waals surface area contributed by atoms with Gasteiger partial charge in [-0.3, -0.25) is 0 Å². The van der Waals surface area contributed by atoms with Gasteiger partial charge >= 0.3 is 5.97 Å². The topological polar surface area (TPSA) is 63.0 Å². The monoisotopic (exact) mass is 354 g/mol. The van der Waals surface area contributed by atoms with Crippen molar-refractivity contribution >= 4 is 39.3 Å². The largest absolute Gasteiger partial charge is 0.444 e. The Kier molecular flexibility index (Phi) is 5.14. The number of hydrogen-bond donors (Lipinski definition) is 0. The number of hydrogen-bond acceptors (Lipinski definition) is 6. The maximum atomic E-state index is 11.8. The van der Waals surface area contributed by atoms with Crippen LogP contribution in [0.1, 0.15) is 22.8 Å². The van der Waals surface area contributed by atoms with Crippen molar-refractivity contribution < 1.29 is 9.53 Å². The lowest BCUT2D eigenvalue weighted by Gasteiger charge is -2.06. The Hall–Kier alpha value is -2.36. The molecule has 2 aromatic carbocycles. The number of para-hydroxylation sites is 1. The molecule has 6 heteroatoms. The smallest absolute Gasteiger partial charge is 0.339 e. The van der Waals surface area contributed by atoms with Crippen LogP contribution in [0, 0.1) is 11.3 Å². The molecule has 0 amide bonds. The lowest BCUT2D eigenvalue weighted by molar-refractivity contribution is 0.0435. The first-order chi connectivity index (χ1) is 11.7. The summed E-state index contributed by atoms with van der Waals surface area (Å²) in [6.07, 6.45) is -0.744. The summed E-state index contributed by atoms with van der Waals surface area (Å²) in [6, 6.07) is 17.2. The maximum absolute atomic E-state index is 11.8. The summed E-state index contributed by atoms with van der Waals surface area (Å²) in [6.45, 7) is 1.54. The minimum Gasteiger partial charge on any atom is -0.444 e. The number of fused-ring (bicyclic) bond motifs is 1. The number of carbonyl (C=O) groups is 1. The van der Waals surface area contributed by atoms with E-state index < -0.39 is 12.1 Å². The molecule has 4 nitrogen and oxygen atoms in total. The molecule has 120 valence electrons. The van der Waals surface area contributed by atoms with E-state index in [2.05, 4.69) is 11.1 Å². The van der Waals surface area contributed by atoms with Gasteiger partial charge in [0.2, 0.25) is 0 Å². The van der Waals surface area contributed by atoms with Gasteiger partial charge < -0.3 is 4.74 Å². The average molecular weight is 354 g/mol. The Morgan fingerprint density at radius 3 is 2.75 bits per heavy atom. The number of thiazole rings is 1. The van der Waals surface area contributed by atoms with E-state index in [0.717, 1.165) is 21.2 Å². The molecule has 3 aromatic rings. The zero-order valence-corrected chi connectivity index (χ0v) is 14.6. The molecule has 3 rings (SSSR count). The Balaban J connectivity index is 1.62. The zero-order chi connectivity index (χ0) is 16.9. The molecule has 0 bridgehead atoms. The second-order valence-electron chi connectivity index (χ2n) is 5.11. The SMILES string of the molecule is C[C@H](C#N)OC(=O)c1ccc(CSc2nc3ccccc3s2)cc1. The predicted octanol–water partition coefficient (Wildman–Crippen LogP) is 4.66. The molecule has 0 saturated carbocycles. The summed E-state index contributed by atoms with van der Waals surface area (Å²) in [5.41, 5.74) is 2.57. The van der Waals surface area contributed by atoms with Crippen LogP contribution in [0.4, 0.5) is 0 Å². The first-order valence-electron chi connectivity index (χ1n) is 7.33. The van der Waals surface area contributed by atoms with Crippen LogP contribution in [-0.2, 0) is 10.5 Å². The van der Waals surface area contributed by atoms with Crippen molar-refractivity contribution in [3.05, 3.63) is 59.7 Å². The Labute approximate surface area is 148 Å². The number of nitrogens with zero attached hydrogens (tertiary/aromatic N) is 2. The molecule has 0 fully saturated rings. The minimum atomic E-state index is -0.744. The van der Waals surface area contributed by atoms with Gasteiger partial charge in [-0.2, -0.15) is 5.26 Å². The summed E-state index contributed by atoms with van der Waals surface area (Å²) >= 11 is 3.36. The van der Waals surface area contributed by atoms with Crippen LogP contribution in [-0.4, -0.2) is 17.1 Å². The number of carbonyl (C=O) groups excluding carboxylic acids is 1. The van der Waals surface area contributed by atoms with Gasteiger partial charge in [0.25, 0.3) is 0 Å². The summed E-state index contributed by atoms with van der Waals surface area (Å²) in [5.74, 6) is 0.304. The molecule has 1 heterocycles. The number of ether oxygens (including phenoxy) is 1. The molecule has 24 heavy (non-hydrogen) atoms. The van der Waals surface area contributed by atoms with Crippen LogP contribution in [0.15, 0.2) is 52.9 Å². The highest BCUT2D eigenvalue weighted by Crippen LogP contribution is 2.31. The van der Waals surface area contributed by atoms with Crippen molar-refractivity contribution in [3.8, 4) is 6.07 Å². The number of rotatable bonds is 5. The zero-order valence-electron chi connectivity index (χ0n) is 12.9. The molecule has 0 unspecified atom stereocenters. The number of esters is 1. The summed E-state index contributed by atoms with van der Waals surface area (Å²) in [5, 5.41) is 8.67. The molecular weight excluding hydrogens is 340 g/mol. The first-order valence-corrected chi connectivity index (χ1v) is 9.14. The van der Waals surface area contributed by atoms with E-state index in [1.165, 1.54) is 4.70 Å². The van der Waals surface area contributed by atoms with Crippen molar-refractivity contribution in [3.63, 3.8) is 0 Å². The molecular formula is C18H14N2O2S2. The number of aromatic nitrogens is 1. The Morgan fingerprint density at radius 1 is 1.29 bits per heavy atom. The molecule has 0 aliphatic rings. The van der Waals surface area contributed by atoms with Gasteiger partial charge in [-0.25, -0.2) is 9.78 Å². The third-order valence-corrected chi connectivity index (χ3v) is 5.54. The standard InChI is InChI=1S/C18H14N2O2S2/c1-12(10-19)22-17(21)14-8-6-13(7-9-14)11-23-18-20-15-4-2-3-5-16(15)24-18/h2-9,12H,11H2,1H3/t12-/m1/s1. The maximum Gasteiger partial charge on any atom is 0.339 e. The minimum absolute atomic E-state index is 0.450. The van der Waals surface area contributed by atoms with E-state index in [9.17, 15) is 4.79 Å². The van der Waals surface area contributed by atoms with Crippen molar-refractivity contribution in [1.82, 2.24) is 4.98 Å². The fraction of sp³-hybridized carbons (Fsp3) is 0.167. The van der Waals surface area contributed by atoms with Gasteiger partial charge in [0, 0.05) is 5.75 Å². The predicted molar refractivity (Wildman–Crippen MR) is 96.1 cm³/mol. The first kappa shape index (κ1) is 16.5. The fourth-order valence-corrected chi connectivity index (χ4v) is 4.07. The van der Waals surface area contributed by atoms with E-state index in [1.54, 1.807) is 42.2 Å². The quantitative estimate of drug-likeness (QED) is 0.493. The molecule has 1 aromatic heterocycles. The van der Waals surface area contributed by atoms with Gasteiger partial charge in [0.05, 0.1) is 15.8 Å². The van der Waals surface area contributed by atoms with Gasteiger partial charge in [0.15, 0.2) is 10.4 Å². The van der Waals surface area contributed by atoms with Crippen molar-refractivity contribution in [2.24, 2.45) is 0 Å². The second-order valence-corrected chi connectivity index (χ2v) is 7.36. The number of thioether (sulfide) groups is 1. The molecule has 0 N–H and O–H groups in total. The van der Waals surface area contributed by atoms with Gasteiger partial charge in [0.1, 0.15) is 6.07 Å². The van der Waals surface area contributed by atoms with E-state index in [-0.39, 0.29) is 0 Å². The molecule has 0 saturated heterocycles. The van der Waals surface area contributed by atoms with Crippen molar-refractivity contribution in [1.29, 1.82) is 5.26 Å². The van der Waals surface area contributed by atoms with Gasteiger partial charge in [-0.15, -0.1) is 11.3 Å². The van der Waals surface area contributed by atoms with E-state index in [0.29, 0.717) is 5.56 Å². The third kappa shape index (κ3) is 3.94. The van der Waals surface area contributed by atoms with Crippen LogP contribution in [0.25, 0.3) is 10.2 Å². The van der Waals surface area contributed by atoms with E-state index >= 15 is 0 Å². The molecule has 0 aliphatic carbocycles. The average Bonchev–Trinajstić information content (AvgIpc) is 3.03. The molecule has 0 aliphatic heterocycles. The lowest BCUT2D eigenvalue weighted by Crippen LogP contribution is -2.12. The van der Waals surface area contributed by atoms with Crippen molar-refractivity contribution in [2.75, 3.05) is 0 Å². The molecule has 0 radical (unpaired) electrons. The molecule has 0 spiro atoms. The number of benzene rings is 2. The highest BCUT2D eigenvalue weighted by atomic mass is 32.2. The number of nitriles is 1.